The lowest BCUT2D eigenvalue weighted by atomic mass is 10.0. The zero-order valence-electron chi connectivity index (χ0n) is 10.4. The first-order valence-corrected chi connectivity index (χ1v) is 7.46. The normalized spacial score (nSPS) is 20.2. The van der Waals surface area contributed by atoms with Gasteiger partial charge in [0.05, 0.1) is 7.11 Å². The maximum absolute atomic E-state index is 5.36. The van der Waals surface area contributed by atoms with E-state index in [4.69, 9.17) is 4.74 Å². The van der Waals surface area contributed by atoms with Crippen LogP contribution in [0.15, 0.2) is 24.3 Å². The molecule has 3 heteroatoms. The molecule has 0 radical (unpaired) electrons. The summed E-state index contributed by atoms with van der Waals surface area (Å²) in [5.41, 5.74) is 1.31. The average molecular weight is 251 g/mol. The van der Waals surface area contributed by atoms with E-state index in [1.54, 1.807) is 7.11 Å². The number of piperidine rings is 1. The predicted molar refractivity (Wildman–Crippen MR) is 74.7 cm³/mol. The molecule has 1 saturated heterocycles. The Morgan fingerprint density at radius 3 is 3.06 bits per heavy atom. The first kappa shape index (κ1) is 12.8. The van der Waals surface area contributed by atoms with E-state index in [1.807, 2.05) is 23.9 Å². The molecule has 94 valence electrons. The van der Waals surface area contributed by atoms with Crippen molar-refractivity contribution in [2.24, 2.45) is 5.92 Å². The van der Waals surface area contributed by atoms with Gasteiger partial charge in [-0.25, -0.2) is 0 Å². The Hall–Kier alpha value is -0.670. The average Bonchev–Trinajstić information content (AvgIpc) is 2.40. The quantitative estimate of drug-likeness (QED) is 0.869. The van der Waals surface area contributed by atoms with Gasteiger partial charge >= 0.3 is 0 Å². The number of benzene rings is 1. The van der Waals surface area contributed by atoms with E-state index in [0.29, 0.717) is 0 Å². The molecular weight excluding hydrogens is 230 g/mol. The second-order valence-corrected chi connectivity index (χ2v) is 5.57. The van der Waals surface area contributed by atoms with Gasteiger partial charge in [0.2, 0.25) is 0 Å². The van der Waals surface area contributed by atoms with Crippen LogP contribution in [0, 0.1) is 5.92 Å². The van der Waals surface area contributed by atoms with Gasteiger partial charge in [0.15, 0.2) is 0 Å². The SMILES string of the molecule is COc1ccccc1CSCC1CCCNC1. The highest BCUT2D eigenvalue weighted by atomic mass is 32.2. The molecule has 0 aliphatic carbocycles. The monoisotopic (exact) mass is 251 g/mol. The Labute approximate surface area is 108 Å². The maximum Gasteiger partial charge on any atom is 0.122 e. The van der Waals surface area contributed by atoms with Crippen LogP contribution >= 0.6 is 11.8 Å². The molecular formula is C14H21NOS. The van der Waals surface area contributed by atoms with Gasteiger partial charge in [-0.2, -0.15) is 11.8 Å². The van der Waals surface area contributed by atoms with Gasteiger partial charge in [-0.05, 0) is 43.7 Å². The fourth-order valence-electron chi connectivity index (χ4n) is 2.22. The van der Waals surface area contributed by atoms with Gasteiger partial charge in [0.1, 0.15) is 5.75 Å². The first-order chi connectivity index (χ1) is 8.40. The zero-order chi connectivity index (χ0) is 11.9. The summed E-state index contributed by atoms with van der Waals surface area (Å²) in [7, 11) is 1.74. The standard InChI is InChI=1S/C14H21NOS/c1-16-14-7-3-2-6-13(14)11-17-10-12-5-4-8-15-9-12/h2-3,6-7,12,15H,4-5,8-11H2,1H3. The van der Waals surface area contributed by atoms with E-state index >= 15 is 0 Å². The van der Waals surface area contributed by atoms with Crippen molar-refractivity contribution in [2.45, 2.75) is 18.6 Å². The third kappa shape index (κ3) is 3.93. The number of thioether (sulfide) groups is 1. The first-order valence-electron chi connectivity index (χ1n) is 6.30. The van der Waals surface area contributed by atoms with Crippen LogP contribution in [0.25, 0.3) is 0 Å². The molecule has 1 unspecified atom stereocenters. The molecule has 1 atom stereocenters. The molecule has 0 saturated carbocycles. The fourth-order valence-corrected chi connectivity index (χ4v) is 3.42. The predicted octanol–water partition coefficient (Wildman–Crippen LogP) is 2.93. The molecule has 1 heterocycles. The topological polar surface area (TPSA) is 21.3 Å². The number of nitrogens with one attached hydrogen (secondary N) is 1. The number of hydrogen-bond donors (Lipinski definition) is 1. The van der Waals surface area contributed by atoms with Gasteiger partial charge in [-0.3, -0.25) is 0 Å². The minimum atomic E-state index is 0.850. The van der Waals surface area contributed by atoms with Gasteiger partial charge in [-0.1, -0.05) is 18.2 Å². The molecule has 2 rings (SSSR count). The summed E-state index contributed by atoms with van der Waals surface area (Å²) in [5, 5.41) is 3.47. The molecule has 0 bridgehead atoms. The molecule has 2 nitrogen and oxygen atoms in total. The van der Waals surface area contributed by atoms with Crippen LogP contribution in [0.4, 0.5) is 0 Å². The Morgan fingerprint density at radius 2 is 2.29 bits per heavy atom. The molecule has 0 amide bonds. The number of hydrogen-bond acceptors (Lipinski definition) is 3. The summed E-state index contributed by atoms with van der Waals surface area (Å²) in [6.45, 7) is 2.40. The Balaban J connectivity index is 1.77. The molecule has 1 N–H and O–H groups in total. The van der Waals surface area contributed by atoms with E-state index in [9.17, 15) is 0 Å². The third-order valence-electron chi connectivity index (χ3n) is 3.20. The third-order valence-corrected chi connectivity index (χ3v) is 4.42. The Kier molecular flexibility index (Phi) is 5.20. The number of ether oxygens (including phenoxy) is 1. The van der Waals surface area contributed by atoms with Crippen molar-refractivity contribution < 1.29 is 4.74 Å². The molecule has 17 heavy (non-hydrogen) atoms. The molecule has 1 fully saturated rings. The van der Waals surface area contributed by atoms with E-state index in [0.717, 1.165) is 17.4 Å². The van der Waals surface area contributed by atoms with Crippen molar-refractivity contribution in [1.29, 1.82) is 0 Å². The van der Waals surface area contributed by atoms with Crippen LogP contribution in [0.5, 0.6) is 5.75 Å². The number of rotatable bonds is 5. The summed E-state index contributed by atoms with van der Waals surface area (Å²) < 4.78 is 5.36. The summed E-state index contributed by atoms with van der Waals surface area (Å²) in [4.78, 5) is 0. The summed E-state index contributed by atoms with van der Waals surface area (Å²) in [5.74, 6) is 4.18. The second-order valence-electron chi connectivity index (χ2n) is 4.54. The van der Waals surface area contributed by atoms with E-state index < -0.39 is 0 Å². The van der Waals surface area contributed by atoms with Crippen molar-refractivity contribution >= 4 is 11.8 Å². The highest BCUT2D eigenvalue weighted by Gasteiger charge is 2.12. The molecule has 0 aromatic heterocycles. The lowest BCUT2D eigenvalue weighted by Crippen LogP contribution is -2.30. The van der Waals surface area contributed by atoms with Crippen LogP contribution in [0.3, 0.4) is 0 Å². The summed E-state index contributed by atoms with van der Waals surface area (Å²) in [6.07, 6.45) is 2.71. The van der Waals surface area contributed by atoms with Crippen LogP contribution < -0.4 is 10.1 Å². The smallest absolute Gasteiger partial charge is 0.122 e. The van der Waals surface area contributed by atoms with Gasteiger partial charge < -0.3 is 10.1 Å². The van der Waals surface area contributed by atoms with Crippen LogP contribution in [-0.4, -0.2) is 26.0 Å². The van der Waals surface area contributed by atoms with Gasteiger partial charge in [0, 0.05) is 11.3 Å². The van der Waals surface area contributed by atoms with Crippen molar-refractivity contribution in [3.05, 3.63) is 29.8 Å². The zero-order valence-corrected chi connectivity index (χ0v) is 11.3. The van der Waals surface area contributed by atoms with E-state index in [1.165, 1.54) is 37.2 Å². The van der Waals surface area contributed by atoms with Gasteiger partial charge in [-0.15, -0.1) is 0 Å². The van der Waals surface area contributed by atoms with Crippen molar-refractivity contribution in [1.82, 2.24) is 5.32 Å². The lowest BCUT2D eigenvalue weighted by molar-refractivity contribution is 0.409. The largest absolute Gasteiger partial charge is 0.496 e. The van der Waals surface area contributed by atoms with E-state index in [2.05, 4.69) is 17.4 Å². The summed E-state index contributed by atoms with van der Waals surface area (Å²) >= 11 is 2.02. The molecule has 0 spiro atoms. The lowest BCUT2D eigenvalue weighted by Gasteiger charge is -2.22. The minimum absolute atomic E-state index is 0.850. The van der Waals surface area contributed by atoms with Gasteiger partial charge in [0.25, 0.3) is 0 Å². The maximum atomic E-state index is 5.36. The second kappa shape index (κ2) is 6.92. The Bertz CT molecular complexity index is 337. The van der Waals surface area contributed by atoms with E-state index in [-0.39, 0.29) is 0 Å². The summed E-state index contributed by atoms with van der Waals surface area (Å²) in [6, 6.07) is 8.31. The van der Waals surface area contributed by atoms with Crippen molar-refractivity contribution in [3.8, 4) is 5.75 Å². The Morgan fingerprint density at radius 1 is 1.41 bits per heavy atom. The molecule has 1 aromatic carbocycles. The number of para-hydroxylation sites is 1. The molecule has 1 aliphatic heterocycles. The van der Waals surface area contributed by atoms with Crippen molar-refractivity contribution in [2.75, 3.05) is 26.0 Å². The molecule has 1 aliphatic rings. The highest BCUT2D eigenvalue weighted by Crippen LogP contribution is 2.25. The number of methoxy groups -OCH3 is 1. The van der Waals surface area contributed by atoms with Crippen LogP contribution in [0.1, 0.15) is 18.4 Å². The van der Waals surface area contributed by atoms with Crippen LogP contribution in [-0.2, 0) is 5.75 Å². The molecule has 1 aromatic rings. The minimum Gasteiger partial charge on any atom is -0.496 e. The van der Waals surface area contributed by atoms with Crippen molar-refractivity contribution in [3.63, 3.8) is 0 Å². The highest BCUT2D eigenvalue weighted by molar-refractivity contribution is 7.98. The van der Waals surface area contributed by atoms with Crippen LogP contribution in [0.2, 0.25) is 0 Å². The fraction of sp³-hybridized carbons (Fsp3) is 0.571.